The van der Waals surface area contributed by atoms with Crippen LogP contribution in [0.25, 0.3) is 5.65 Å². The third-order valence-electron chi connectivity index (χ3n) is 1.17. The van der Waals surface area contributed by atoms with E-state index < -0.39 is 10.1 Å². The summed E-state index contributed by atoms with van der Waals surface area (Å²) in [6.45, 7) is 0. The summed E-state index contributed by atoms with van der Waals surface area (Å²) < 4.78 is 27.6. The highest BCUT2D eigenvalue weighted by molar-refractivity contribution is 7.85. The highest BCUT2D eigenvalue weighted by Crippen LogP contribution is 1.93. The maximum absolute atomic E-state index is 9.19. The Bertz CT molecular complexity index is 467. The summed E-state index contributed by atoms with van der Waals surface area (Å²) in [4.78, 5) is 4.04. The Morgan fingerprint density at radius 2 is 2.07 bits per heavy atom. The minimum atomic E-state index is -3.67. The average Bonchev–Trinajstić information content (AvgIpc) is 2.47. The van der Waals surface area contributed by atoms with Crippen LogP contribution in [-0.4, -0.2) is 33.8 Å². The number of aromatic nitrogens is 3. The van der Waals surface area contributed by atoms with Crippen LogP contribution in [0.3, 0.4) is 0 Å². The fourth-order valence-electron chi connectivity index (χ4n) is 0.764. The smallest absolute Gasteiger partial charge is 0.261 e. The van der Waals surface area contributed by atoms with Crippen LogP contribution in [0, 0.1) is 0 Å². The van der Waals surface area contributed by atoms with Gasteiger partial charge in [0, 0.05) is 18.5 Å². The second kappa shape index (κ2) is 4.16. The van der Waals surface area contributed by atoms with E-state index in [0.29, 0.717) is 6.26 Å². The molecule has 14 heavy (non-hydrogen) atoms. The normalized spacial score (nSPS) is 10.7. The summed E-state index contributed by atoms with van der Waals surface area (Å²) in [6.07, 6.45) is 6.05. The first-order valence-electron chi connectivity index (χ1n) is 3.63. The van der Waals surface area contributed by atoms with Crippen molar-refractivity contribution in [2.75, 3.05) is 6.26 Å². The standard InChI is InChI=1S/C6H5N3.CH4O3S/c1-3-7-6-2-4-8-9(6)5-1;1-5(2,3)4/h1-5H;1H3,(H,2,3,4). The van der Waals surface area contributed by atoms with Crippen LogP contribution in [0.2, 0.25) is 0 Å². The van der Waals surface area contributed by atoms with E-state index >= 15 is 0 Å². The number of hydrogen-bond donors (Lipinski definition) is 1. The minimum absolute atomic E-state index is 0.715. The molecule has 2 heterocycles. The molecule has 0 unspecified atom stereocenters. The summed E-state index contributed by atoms with van der Waals surface area (Å²) in [5, 5.41) is 3.97. The molecule has 0 aliphatic rings. The quantitative estimate of drug-likeness (QED) is 0.636. The molecule has 0 radical (unpaired) electrons. The van der Waals surface area contributed by atoms with Crippen molar-refractivity contribution in [3.63, 3.8) is 0 Å². The average molecular weight is 215 g/mol. The summed E-state index contributed by atoms with van der Waals surface area (Å²) in [5.74, 6) is 0. The summed E-state index contributed by atoms with van der Waals surface area (Å²) in [5.41, 5.74) is 0.887. The van der Waals surface area contributed by atoms with Crippen LogP contribution in [0.4, 0.5) is 0 Å². The molecule has 0 bridgehead atoms. The SMILES string of the molecule is CS(=O)(=O)O.c1cnc2ccnn2c1. The van der Waals surface area contributed by atoms with Crippen molar-refractivity contribution in [2.45, 2.75) is 0 Å². The zero-order valence-electron chi connectivity index (χ0n) is 7.40. The van der Waals surface area contributed by atoms with Crippen LogP contribution >= 0.6 is 0 Å². The topological polar surface area (TPSA) is 84.6 Å². The third kappa shape index (κ3) is 3.97. The van der Waals surface area contributed by atoms with Crippen molar-refractivity contribution in [3.05, 3.63) is 30.7 Å². The molecule has 0 aromatic carbocycles. The third-order valence-corrected chi connectivity index (χ3v) is 1.17. The first-order valence-corrected chi connectivity index (χ1v) is 5.48. The number of fused-ring (bicyclic) bond motifs is 1. The minimum Gasteiger partial charge on any atom is -0.286 e. The molecule has 0 amide bonds. The number of rotatable bonds is 0. The van der Waals surface area contributed by atoms with Gasteiger partial charge >= 0.3 is 0 Å². The maximum Gasteiger partial charge on any atom is 0.261 e. The second-order valence-electron chi connectivity index (χ2n) is 2.49. The highest BCUT2D eigenvalue weighted by Gasteiger charge is 1.87. The van der Waals surface area contributed by atoms with Crippen LogP contribution in [0.5, 0.6) is 0 Å². The van der Waals surface area contributed by atoms with Crippen LogP contribution in [0.1, 0.15) is 0 Å². The lowest BCUT2D eigenvalue weighted by molar-refractivity contribution is 0.490. The summed E-state index contributed by atoms with van der Waals surface area (Å²) in [6, 6.07) is 3.71. The first kappa shape index (κ1) is 10.6. The van der Waals surface area contributed by atoms with E-state index in [-0.39, 0.29) is 0 Å². The van der Waals surface area contributed by atoms with Crippen LogP contribution in [-0.2, 0) is 10.1 Å². The Morgan fingerprint density at radius 3 is 2.64 bits per heavy atom. The van der Waals surface area contributed by atoms with E-state index in [1.54, 1.807) is 16.9 Å². The lowest BCUT2D eigenvalue weighted by atomic mass is 10.6. The Labute approximate surface area is 81.0 Å². The van der Waals surface area contributed by atoms with E-state index in [9.17, 15) is 8.42 Å². The zero-order valence-corrected chi connectivity index (χ0v) is 8.22. The predicted molar refractivity (Wildman–Crippen MR) is 50.5 cm³/mol. The molecule has 6 nitrogen and oxygen atoms in total. The van der Waals surface area contributed by atoms with Crippen molar-refractivity contribution in [1.82, 2.24) is 14.6 Å². The van der Waals surface area contributed by atoms with Gasteiger partial charge in [-0.3, -0.25) is 4.55 Å². The Kier molecular flexibility index (Phi) is 3.15. The Hall–Kier alpha value is -1.47. The largest absolute Gasteiger partial charge is 0.286 e. The van der Waals surface area contributed by atoms with E-state index in [1.165, 1.54) is 0 Å². The number of nitrogens with zero attached hydrogens (tertiary/aromatic N) is 3. The second-order valence-corrected chi connectivity index (χ2v) is 3.95. The van der Waals surface area contributed by atoms with Gasteiger partial charge < -0.3 is 0 Å². The Balaban J connectivity index is 0.000000171. The van der Waals surface area contributed by atoms with Crippen molar-refractivity contribution >= 4 is 15.8 Å². The van der Waals surface area contributed by atoms with Gasteiger partial charge in [0.05, 0.1) is 12.5 Å². The number of hydrogen-bond acceptors (Lipinski definition) is 4. The van der Waals surface area contributed by atoms with Crippen molar-refractivity contribution < 1.29 is 13.0 Å². The Morgan fingerprint density at radius 1 is 1.43 bits per heavy atom. The molecule has 1 N–H and O–H groups in total. The van der Waals surface area contributed by atoms with Gasteiger partial charge in [-0.2, -0.15) is 13.5 Å². The van der Waals surface area contributed by atoms with Crippen LogP contribution < -0.4 is 0 Å². The molecule has 0 atom stereocenters. The zero-order chi connectivity index (χ0) is 10.6. The molecule has 2 aromatic heterocycles. The monoisotopic (exact) mass is 215 g/mol. The summed E-state index contributed by atoms with van der Waals surface area (Å²) in [7, 11) is -3.67. The van der Waals surface area contributed by atoms with Crippen molar-refractivity contribution in [3.8, 4) is 0 Å². The lowest BCUT2D eigenvalue weighted by Crippen LogP contribution is -1.88. The molecule has 0 aliphatic heterocycles. The molecule has 76 valence electrons. The fraction of sp³-hybridized carbons (Fsp3) is 0.143. The van der Waals surface area contributed by atoms with Gasteiger partial charge in [-0.15, -0.1) is 0 Å². The van der Waals surface area contributed by atoms with Crippen LogP contribution in [0.15, 0.2) is 30.7 Å². The molecule has 0 spiro atoms. The van der Waals surface area contributed by atoms with E-state index in [4.69, 9.17) is 4.55 Å². The predicted octanol–water partition coefficient (Wildman–Crippen LogP) is 0.233. The molecular weight excluding hydrogens is 206 g/mol. The molecular formula is C7H9N3O3S. The van der Waals surface area contributed by atoms with E-state index in [2.05, 4.69) is 10.1 Å². The van der Waals surface area contributed by atoms with E-state index in [0.717, 1.165) is 5.65 Å². The van der Waals surface area contributed by atoms with Gasteiger partial charge in [0.15, 0.2) is 5.65 Å². The highest BCUT2D eigenvalue weighted by atomic mass is 32.2. The van der Waals surface area contributed by atoms with Gasteiger partial charge in [-0.05, 0) is 6.07 Å². The van der Waals surface area contributed by atoms with Gasteiger partial charge in [0.25, 0.3) is 10.1 Å². The van der Waals surface area contributed by atoms with Gasteiger partial charge in [-0.1, -0.05) is 0 Å². The van der Waals surface area contributed by atoms with Crippen molar-refractivity contribution in [1.29, 1.82) is 0 Å². The molecule has 2 rings (SSSR count). The van der Waals surface area contributed by atoms with Gasteiger partial charge in [0.2, 0.25) is 0 Å². The molecule has 0 saturated heterocycles. The van der Waals surface area contributed by atoms with E-state index in [1.807, 2.05) is 18.3 Å². The lowest BCUT2D eigenvalue weighted by Gasteiger charge is -1.85. The maximum atomic E-state index is 9.19. The molecule has 0 aliphatic carbocycles. The molecule has 2 aromatic rings. The summed E-state index contributed by atoms with van der Waals surface area (Å²) >= 11 is 0. The molecule has 0 saturated carbocycles. The fourth-order valence-corrected chi connectivity index (χ4v) is 0.764. The van der Waals surface area contributed by atoms with Gasteiger partial charge in [0.1, 0.15) is 0 Å². The first-order chi connectivity index (χ1) is 6.47. The molecule has 0 fully saturated rings. The van der Waals surface area contributed by atoms with Gasteiger partial charge in [-0.25, -0.2) is 9.50 Å². The molecule has 7 heteroatoms. The van der Waals surface area contributed by atoms with Crippen molar-refractivity contribution in [2.24, 2.45) is 0 Å².